The van der Waals surface area contributed by atoms with Gasteiger partial charge in [0.25, 0.3) is 0 Å². The summed E-state index contributed by atoms with van der Waals surface area (Å²) in [5.74, 6) is -0.385. The predicted molar refractivity (Wildman–Crippen MR) is 77.9 cm³/mol. The molecule has 1 aliphatic heterocycles. The number of nitrogens with zero attached hydrogens (tertiary/aromatic N) is 2. The van der Waals surface area contributed by atoms with Crippen LogP contribution >= 0.6 is 0 Å². The van der Waals surface area contributed by atoms with Crippen molar-refractivity contribution in [2.24, 2.45) is 5.92 Å². The molecule has 0 unspecified atom stereocenters. The zero-order valence-electron chi connectivity index (χ0n) is 12.8. The van der Waals surface area contributed by atoms with Crippen molar-refractivity contribution in [1.82, 2.24) is 15.1 Å². The third-order valence-corrected chi connectivity index (χ3v) is 3.78. The molecule has 1 aliphatic rings. The van der Waals surface area contributed by atoms with Gasteiger partial charge in [-0.15, -0.1) is 0 Å². The number of aliphatic carboxylic acids is 1. The Morgan fingerprint density at radius 3 is 2.33 bits per heavy atom. The first-order valence-electron chi connectivity index (χ1n) is 7.35. The highest BCUT2D eigenvalue weighted by atomic mass is 16.4. The van der Waals surface area contributed by atoms with E-state index in [1.165, 1.54) is 4.90 Å². The Morgan fingerprint density at radius 1 is 1.19 bits per heavy atom. The van der Waals surface area contributed by atoms with Crippen molar-refractivity contribution in [2.75, 3.05) is 33.7 Å². The van der Waals surface area contributed by atoms with Crippen LogP contribution in [0.25, 0.3) is 0 Å². The van der Waals surface area contributed by atoms with Crippen molar-refractivity contribution in [3.8, 4) is 0 Å². The highest BCUT2D eigenvalue weighted by molar-refractivity contribution is 5.78. The lowest BCUT2D eigenvalue weighted by Crippen LogP contribution is -2.45. The van der Waals surface area contributed by atoms with Crippen LogP contribution in [0.2, 0.25) is 0 Å². The summed E-state index contributed by atoms with van der Waals surface area (Å²) < 4.78 is 0. The molecule has 7 heteroatoms. The van der Waals surface area contributed by atoms with Gasteiger partial charge >= 0.3 is 12.0 Å². The molecule has 0 aliphatic carbocycles. The number of carboxylic acid groups (broad SMARTS) is 1. The van der Waals surface area contributed by atoms with E-state index in [2.05, 4.69) is 5.32 Å². The van der Waals surface area contributed by atoms with Crippen LogP contribution in [0.5, 0.6) is 0 Å². The number of nitrogens with one attached hydrogen (secondary N) is 1. The van der Waals surface area contributed by atoms with E-state index in [1.807, 2.05) is 0 Å². The quantitative estimate of drug-likeness (QED) is 0.757. The van der Waals surface area contributed by atoms with Gasteiger partial charge in [0, 0.05) is 46.6 Å². The smallest absolute Gasteiger partial charge is 0.317 e. The molecule has 120 valence electrons. The summed E-state index contributed by atoms with van der Waals surface area (Å²) in [6.07, 6.45) is 2.87. The summed E-state index contributed by atoms with van der Waals surface area (Å²) in [6, 6.07) is -0.141. The van der Waals surface area contributed by atoms with Crippen LogP contribution in [-0.4, -0.2) is 66.5 Å². The van der Waals surface area contributed by atoms with Crippen LogP contribution in [0.3, 0.4) is 0 Å². The molecule has 1 fully saturated rings. The molecule has 7 nitrogen and oxygen atoms in total. The number of rotatable bonds is 6. The van der Waals surface area contributed by atoms with Crippen LogP contribution in [0, 0.1) is 5.92 Å². The van der Waals surface area contributed by atoms with Gasteiger partial charge in [0.15, 0.2) is 0 Å². The van der Waals surface area contributed by atoms with Gasteiger partial charge in [-0.3, -0.25) is 9.59 Å². The standard InChI is InChI=1S/C14H25N3O4/c1-16(2)12(18)5-8-15-14(21)17-9-6-11(7-10-17)3-4-13(19)20/h11H,3-10H2,1-2H3,(H,15,21)(H,19,20). The number of amides is 3. The fourth-order valence-electron chi connectivity index (χ4n) is 2.36. The number of carbonyl (C=O) groups is 3. The van der Waals surface area contributed by atoms with Crippen molar-refractivity contribution in [3.63, 3.8) is 0 Å². The highest BCUT2D eigenvalue weighted by Gasteiger charge is 2.23. The van der Waals surface area contributed by atoms with Crippen molar-refractivity contribution < 1.29 is 19.5 Å². The Kier molecular flexibility index (Phi) is 6.98. The third-order valence-electron chi connectivity index (χ3n) is 3.78. The average molecular weight is 299 g/mol. The summed E-state index contributed by atoms with van der Waals surface area (Å²) in [6.45, 7) is 1.64. The summed E-state index contributed by atoms with van der Waals surface area (Å²) in [5.41, 5.74) is 0. The molecule has 1 saturated heterocycles. The largest absolute Gasteiger partial charge is 0.481 e. The lowest BCUT2D eigenvalue weighted by Gasteiger charge is -2.31. The minimum Gasteiger partial charge on any atom is -0.481 e. The molecule has 3 amide bonds. The molecule has 1 heterocycles. The Morgan fingerprint density at radius 2 is 1.81 bits per heavy atom. The minimum atomic E-state index is -0.763. The molecule has 21 heavy (non-hydrogen) atoms. The summed E-state index contributed by atoms with van der Waals surface area (Å²) in [5, 5.41) is 11.4. The number of carboxylic acids is 1. The number of urea groups is 1. The van der Waals surface area contributed by atoms with Gasteiger partial charge in [-0.05, 0) is 25.2 Å². The normalized spacial score (nSPS) is 15.6. The molecule has 0 radical (unpaired) electrons. The van der Waals surface area contributed by atoms with Crippen molar-refractivity contribution in [1.29, 1.82) is 0 Å². The van der Waals surface area contributed by atoms with Crippen LogP contribution in [0.4, 0.5) is 4.79 Å². The fraction of sp³-hybridized carbons (Fsp3) is 0.786. The summed E-state index contributed by atoms with van der Waals surface area (Å²) in [7, 11) is 3.37. The van der Waals surface area contributed by atoms with Gasteiger partial charge in [-0.1, -0.05) is 0 Å². The molecule has 0 saturated carbocycles. The van der Waals surface area contributed by atoms with Gasteiger partial charge in [-0.2, -0.15) is 0 Å². The first-order valence-corrected chi connectivity index (χ1v) is 7.35. The summed E-state index contributed by atoms with van der Waals surface area (Å²) in [4.78, 5) is 37.1. The van der Waals surface area contributed by atoms with E-state index in [-0.39, 0.29) is 18.4 Å². The van der Waals surface area contributed by atoms with E-state index in [9.17, 15) is 14.4 Å². The topological polar surface area (TPSA) is 90.0 Å². The van der Waals surface area contributed by atoms with Crippen LogP contribution < -0.4 is 5.32 Å². The van der Waals surface area contributed by atoms with E-state index in [1.54, 1.807) is 19.0 Å². The maximum Gasteiger partial charge on any atom is 0.317 e. The van der Waals surface area contributed by atoms with E-state index >= 15 is 0 Å². The Hall–Kier alpha value is -1.79. The third kappa shape index (κ3) is 6.46. The molecule has 2 N–H and O–H groups in total. The highest BCUT2D eigenvalue weighted by Crippen LogP contribution is 2.21. The van der Waals surface area contributed by atoms with Gasteiger partial charge in [0.1, 0.15) is 0 Å². The number of hydrogen-bond acceptors (Lipinski definition) is 3. The van der Waals surface area contributed by atoms with E-state index in [0.717, 1.165) is 12.8 Å². The van der Waals surface area contributed by atoms with E-state index in [4.69, 9.17) is 5.11 Å². The maximum atomic E-state index is 11.9. The predicted octanol–water partition coefficient (Wildman–Crippen LogP) is 0.751. The molecular formula is C14H25N3O4. The van der Waals surface area contributed by atoms with Gasteiger partial charge in [0.05, 0.1) is 0 Å². The fourth-order valence-corrected chi connectivity index (χ4v) is 2.36. The van der Waals surface area contributed by atoms with Gasteiger partial charge in [-0.25, -0.2) is 4.79 Å². The zero-order chi connectivity index (χ0) is 15.8. The number of piperidine rings is 1. The molecule has 0 aromatic carbocycles. The zero-order valence-corrected chi connectivity index (χ0v) is 12.8. The van der Waals surface area contributed by atoms with Crippen LogP contribution in [0.15, 0.2) is 0 Å². The van der Waals surface area contributed by atoms with E-state index in [0.29, 0.717) is 38.4 Å². The second-order valence-electron chi connectivity index (χ2n) is 5.63. The Balaban J connectivity index is 2.19. The first kappa shape index (κ1) is 17.3. The molecule has 0 aromatic rings. The average Bonchev–Trinajstić information content (AvgIpc) is 2.45. The van der Waals surface area contributed by atoms with Crippen molar-refractivity contribution >= 4 is 17.9 Å². The summed E-state index contributed by atoms with van der Waals surface area (Å²) >= 11 is 0. The molecule has 0 spiro atoms. The second kappa shape index (κ2) is 8.49. The van der Waals surface area contributed by atoms with Gasteiger partial charge in [0.2, 0.25) is 5.91 Å². The first-order chi connectivity index (χ1) is 9.90. The minimum absolute atomic E-state index is 0.0114. The molecule has 0 atom stereocenters. The van der Waals surface area contributed by atoms with Gasteiger partial charge < -0.3 is 20.2 Å². The monoisotopic (exact) mass is 299 g/mol. The lowest BCUT2D eigenvalue weighted by molar-refractivity contribution is -0.137. The Bertz CT molecular complexity index is 376. The lowest BCUT2D eigenvalue weighted by atomic mass is 9.92. The van der Waals surface area contributed by atoms with Crippen molar-refractivity contribution in [3.05, 3.63) is 0 Å². The molecular weight excluding hydrogens is 274 g/mol. The second-order valence-corrected chi connectivity index (χ2v) is 5.63. The van der Waals surface area contributed by atoms with Crippen molar-refractivity contribution in [2.45, 2.75) is 32.1 Å². The van der Waals surface area contributed by atoms with Crippen LogP contribution in [0.1, 0.15) is 32.1 Å². The number of hydrogen-bond donors (Lipinski definition) is 2. The molecule has 0 bridgehead atoms. The molecule has 0 aromatic heterocycles. The van der Waals surface area contributed by atoms with Crippen LogP contribution in [-0.2, 0) is 9.59 Å². The maximum absolute atomic E-state index is 11.9. The van der Waals surface area contributed by atoms with E-state index < -0.39 is 5.97 Å². The number of likely N-dealkylation sites (tertiary alicyclic amines) is 1. The number of carbonyl (C=O) groups excluding carboxylic acids is 2. The SMILES string of the molecule is CN(C)C(=O)CCNC(=O)N1CCC(CCC(=O)O)CC1. The molecule has 1 rings (SSSR count). The Labute approximate surface area is 125 Å².